The number of hydrogen-bond acceptors (Lipinski definition) is 2. The molecule has 0 rings (SSSR count). The highest BCUT2D eigenvalue weighted by molar-refractivity contribution is 5.87. The molecule has 0 aliphatic heterocycles. The van der Waals surface area contributed by atoms with Crippen LogP contribution < -0.4 is 5.32 Å². The Bertz CT molecular complexity index is 167. The lowest BCUT2D eigenvalue weighted by molar-refractivity contribution is -0.116. The van der Waals surface area contributed by atoms with Crippen molar-refractivity contribution in [3.8, 4) is 6.07 Å². The van der Waals surface area contributed by atoms with Gasteiger partial charge in [-0.3, -0.25) is 4.79 Å². The van der Waals surface area contributed by atoms with E-state index in [0.29, 0.717) is 0 Å². The van der Waals surface area contributed by atoms with Gasteiger partial charge in [0, 0.05) is 0 Å². The standard InChI is InChI=1S/C7H10N2O/c1-2-3-4-7(10)9-6-5-8/h3-4H,2,6H2,1H3,(H,9,10). The smallest absolute Gasteiger partial charge is 0.244 e. The van der Waals surface area contributed by atoms with E-state index in [9.17, 15) is 4.79 Å². The first-order valence-electron chi connectivity index (χ1n) is 3.12. The molecule has 54 valence electrons. The molecule has 1 amide bonds. The van der Waals surface area contributed by atoms with E-state index in [4.69, 9.17) is 5.26 Å². The Morgan fingerprint density at radius 1 is 1.80 bits per heavy atom. The van der Waals surface area contributed by atoms with Gasteiger partial charge in [0.2, 0.25) is 5.91 Å². The van der Waals surface area contributed by atoms with Gasteiger partial charge in [-0.05, 0) is 12.5 Å². The minimum Gasteiger partial charge on any atom is -0.339 e. The summed E-state index contributed by atoms with van der Waals surface area (Å²) >= 11 is 0. The Morgan fingerprint density at radius 3 is 3.00 bits per heavy atom. The minimum atomic E-state index is -0.205. The van der Waals surface area contributed by atoms with Crippen LogP contribution in [0.3, 0.4) is 0 Å². The van der Waals surface area contributed by atoms with E-state index in [0.717, 1.165) is 6.42 Å². The number of rotatable bonds is 3. The molecule has 0 aromatic rings. The Labute approximate surface area is 60.3 Å². The van der Waals surface area contributed by atoms with E-state index < -0.39 is 0 Å². The van der Waals surface area contributed by atoms with Crippen LogP contribution in [-0.2, 0) is 4.79 Å². The van der Waals surface area contributed by atoms with Crippen molar-refractivity contribution >= 4 is 5.91 Å². The summed E-state index contributed by atoms with van der Waals surface area (Å²) in [5, 5.41) is 10.4. The van der Waals surface area contributed by atoms with Gasteiger partial charge in [0.05, 0.1) is 6.07 Å². The summed E-state index contributed by atoms with van der Waals surface area (Å²) in [6.07, 6.45) is 4.00. The van der Waals surface area contributed by atoms with Crippen LogP contribution in [0, 0.1) is 11.3 Å². The monoisotopic (exact) mass is 138 g/mol. The molecular formula is C7H10N2O. The fourth-order valence-electron chi connectivity index (χ4n) is 0.410. The second-order valence-electron chi connectivity index (χ2n) is 1.69. The van der Waals surface area contributed by atoms with Gasteiger partial charge in [-0.15, -0.1) is 0 Å². The Balaban J connectivity index is 3.46. The van der Waals surface area contributed by atoms with Crippen molar-refractivity contribution in [1.29, 1.82) is 5.26 Å². The number of carbonyl (C=O) groups excluding carboxylic acids is 1. The zero-order chi connectivity index (χ0) is 7.82. The molecule has 3 nitrogen and oxygen atoms in total. The van der Waals surface area contributed by atoms with E-state index in [1.807, 2.05) is 13.0 Å². The molecule has 0 aromatic heterocycles. The Morgan fingerprint density at radius 2 is 2.50 bits per heavy atom. The lowest BCUT2D eigenvalue weighted by Crippen LogP contribution is -2.20. The minimum absolute atomic E-state index is 0.0763. The van der Waals surface area contributed by atoms with Gasteiger partial charge in [0.15, 0.2) is 0 Å². The third kappa shape index (κ3) is 4.85. The topological polar surface area (TPSA) is 52.9 Å². The summed E-state index contributed by atoms with van der Waals surface area (Å²) in [7, 11) is 0. The van der Waals surface area contributed by atoms with Crippen LogP contribution in [-0.4, -0.2) is 12.5 Å². The average molecular weight is 138 g/mol. The maximum atomic E-state index is 10.6. The van der Waals surface area contributed by atoms with E-state index in [2.05, 4.69) is 5.32 Å². The molecule has 0 aliphatic carbocycles. The van der Waals surface area contributed by atoms with Crippen molar-refractivity contribution in [3.63, 3.8) is 0 Å². The van der Waals surface area contributed by atoms with E-state index in [1.165, 1.54) is 6.08 Å². The van der Waals surface area contributed by atoms with Crippen LogP contribution in [0.5, 0.6) is 0 Å². The van der Waals surface area contributed by atoms with Gasteiger partial charge in [-0.1, -0.05) is 13.0 Å². The SMILES string of the molecule is CCC=CC(=O)NCC#N. The largest absolute Gasteiger partial charge is 0.339 e. The summed E-state index contributed by atoms with van der Waals surface area (Å²) in [4.78, 5) is 10.6. The maximum Gasteiger partial charge on any atom is 0.244 e. The summed E-state index contributed by atoms with van der Waals surface area (Å²) in [6, 6.07) is 1.81. The fourth-order valence-corrected chi connectivity index (χ4v) is 0.410. The molecule has 10 heavy (non-hydrogen) atoms. The third-order valence-electron chi connectivity index (χ3n) is 0.847. The summed E-state index contributed by atoms with van der Waals surface area (Å²) in [6.45, 7) is 2.01. The second kappa shape index (κ2) is 5.83. The van der Waals surface area contributed by atoms with Crippen LogP contribution >= 0.6 is 0 Å². The van der Waals surface area contributed by atoms with Crippen LogP contribution in [0.2, 0.25) is 0 Å². The molecule has 0 bridgehead atoms. The van der Waals surface area contributed by atoms with Crippen molar-refractivity contribution in [2.75, 3.05) is 6.54 Å². The molecule has 0 radical (unpaired) electrons. The molecule has 1 N–H and O–H groups in total. The molecule has 0 unspecified atom stereocenters. The number of carbonyl (C=O) groups is 1. The highest BCUT2D eigenvalue weighted by Gasteiger charge is 1.89. The number of amides is 1. The lowest BCUT2D eigenvalue weighted by atomic mass is 10.4. The maximum absolute atomic E-state index is 10.6. The molecule has 0 fully saturated rings. The molecule has 0 saturated heterocycles. The van der Waals surface area contributed by atoms with Crippen molar-refractivity contribution in [3.05, 3.63) is 12.2 Å². The first-order valence-corrected chi connectivity index (χ1v) is 3.12. The summed E-state index contributed by atoms with van der Waals surface area (Å²) in [5.74, 6) is -0.205. The number of nitrogens with one attached hydrogen (secondary N) is 1. The van der Waals surface area contributed by atoms with Crippen LogP contribution in [0.1, 0.15) is 13.3 Å². The van der Waals surface area contributed by atoms with Gasteiger partial charge in [-0.25, -0.2) is 0 Å². The zero-order valence-corrected chi connectivity index (χ0v) is 5.92. The first kappa shape index (κ1) is 8.70. The molecule has 0 aliphatic rings. The molecule has 3 heteroatoms. The van der Waals surface area contributed by atoms with Gasteiger partial charge in [-0.2, -0.15) is 5.26 Å². The number of allylic oxidation sites excluding steroid dienone is 1. The normalized spacial score (nSPS) is 9.20. The van der Waals surface area contributed by atoms with Crippen LogP contribution in [0.4, 0.5) is 0 Å². The van der Waals surface area contributed by atoms with Gasteiger partial charge in [0.1, 0.15) is 6.54 Å². The van der Waals surface area contributed by atoms with Crippen LogP contribution in [0.15, 0.2) is 12.2 Å². The first-order chi connectivity index (χ1) is 4.81. The summed E-state index contributed by atoms with van der Waals surface area (Å²) < 4.78 is 0. The van der Waals surface area contributed by atoms with E-state index >= 15 is 0 Å². The third-order valence-corrected chi connectivity index (χ3v) is 0.847. The van der Waals surface area contributed by atoms with Crippen molar-refractivity contribution in [2.24, 2.45) is 0 Å². The van der Waals surface area contributed by atoms with Gasteiger partial charge < -0.3 is 5.32 Å². The molecule has 0 heterocycles. The Hall–Kier alpha value is -1.30. The molecule has 0 atom stereocenters. The Kier molecular flexibility index (Phi) is 5.07. The number of hydrogen-bond donors (Lipinski definition) is 1. The molecule has 0 spiro atoms. The predicted molar refractivity (Wildman–Crippen MR) is 38.1 cm³/mol. The second-order valence-corrected chi connectivity index (χ2v) is 1.69. The molecular weight excluding hydrogens is 128 g/mol. The van der Waals surface area contributed by atoms with Crippen molar-refractivity contribution in [1.82, 2.24) is 5.32 Å². The van der Waals surface area contributed by atoms with Crippen molar-refractivity contribution in [2.45, 2.75) is 13.3 Å². The van der Waals surface area contributed by atoms with E-state index in [1.54, 1.807) is 6.08 Å². The van der Waals surface area contributed by atoms with Gasteiger partial charge in [0.25, 0.3) is 0 Å². The average Bonchev–Trinajstić information content (AvgIpc) is 1.97. The molecule has 0 saturated carbocycles. The van der Waals surface area contributed by atoms with E-state index in [-0.39, 0.29) is 12.5 Å². The van der Waals surface area contributed by atoms with Crippen molar-refractivity contribution < 1.29 is 4.79 Å². The number of nitrogens with zero attached hydrogens (tertiary/aromatic N) is 1. The zero-order valence-electron chi connectivity index (χ0n) is 5.92. The van der Waals surface area contributed by atoms with Gasteiger partial charge >= 0.3 is 0 Å². The fraction of sp³-hybridized carbons (Fsp3) is 0.429. The van der Waals surface area contributed by atoms with Crippen LogP contribution in [0.25, 0.3) is 0 Å². The highest BCUT2D eigenvalue weighted by Crippen LogP contribution is 1.78. The molecule has 0 aromatic carbocycles. The number of nitriles is 1. The quantitative estimate of drug-likeness (QED) is 0.458. The lowest BCUT2D eigenvalue weighted by Gasteiger charge is -1.90. The highest BCUT2D eigenvalue weighted by atomic mass is 16.1. The predicted octanol–water partition coefficient (Wildman–Crippen LogP) is 0.592. The summed E-state index contributed by atoms with van der Waals surface area (Å²) in [5.41, 5.74) is 0.